The maximum Gasteiger partial charge on any atom is 0.241 e. The van der Waals surface area contributed by atoms with Gasteiger partial charge in [-0.2, -0.15) is 0 Å². The second-order valence-electron chi connectivity index (χ2n) is 11.5. The first-order valence-corrected chi connectivity index (χ1v) is 20.2. The van der Waals surface area contributed by atoms with Gasteiger partial charge in [-0.3, -0.25) is 0 Å². The van der Waals surface area contributed by atoms with E-state index >= 15 is 0 Å². The SMILES string of the molecule is [CH+]=c1ccc(=c2cc(CCCC)c(=c3sc(=C4SC(c5sccc5CCCC)=CC4CCCC)cc3CCCC)s2)s1. The van der Waals surface area contributed by atoms with Crippen LogP contribution in [0, 0.1) is 24.0 Å². The third-order valence-electron chi connectivity index (χ3n) is 8.08. The van der Waals surface area contributed by atoms with Crippen LogP contribution in [0.1, 0.15) is 107 Å². The van der Waals surface area contributed by atoms with Gasteiger partial charge in [-0.25, -0.2) is 0 Å². The van der Waals surface area contributed by atoms with Crippen molar-refractivity contribution in [1.82, 2.24) is 0 Å². The van der Waals surface area contributed by atoms with E-state index in [1.54, 1.807) is 27.4 Å². The number of hydrogen-bond donors (Lipinski definition) is 0. The highest BCUT2D eigenvalue weighted by molar-refractivity contribution is 8.16. The highest BCUT2D eigenvalue weighted by atomic mass is 32.2. The largest absolute Gasteiger partial charge is 0.241 e. The van der Waals surface area contributed by atoms with E-state index in [-0.39, 0.29) is 0 Å². The van der Waals surface area contributed by atoms with Crippen LogP contribution in [0.4, 0.5) is 0 Å². The number of unbranched alkanes of at least 4 members (excludes halogenated alkanes) is 4. The maximum absolute atomic E-state index is 6.15. The van der Waals surface area contributed by atoms with Crippen molar-refractivity contribution in [2.75, 3.05) is 0 Å². The predicted molar refractivity (Wildman–Crippen MR) is 194 cm³/mol. The summed E-state index contributed by atoms with van der Waals surface area (Å²) < 4.78 is 8.13. The van der Waals surface area contributed by atoms with Gasteiger partial charge in [-0.1, -0.05) is 89.0 Å². The third-order valence-corrected chi connectivity index (χ3v) is 14.3. The fourth-order valence-electron chi connectivity index (χ4n) is 5.67. The molecule has 0 spiro atoms. The van der Waals surface area contributed by atoms with E-state index in [0.29, 0.717) is 5.92 Å². The average molecular weight is 650 g/mol. The topological polar surface area (TPSA) is 0 Å². The summed E-state index contributed by atoms with van der Waals surface area (Å²) in [5.41, 5.74) is 4.64. The monoisotopic (exact) mass is 649 g/mol. The Balaban J connectivity index is 1.71. The molecular formula is C37H45S5+. The van der Waals surface area contributed by atoms with Crippen molar-refractivity contribution in [3.05, 3.63) is 90.5 Å². The molecule has 1 aliphatic heterocycles. The Kier molecular flexibility index (Phi) is 11.8. The molecule has 0 saturated heterocycles. The summed E-state index contributed by atoms with van der Waals surface area (Å²) in [5, 5.41) is 2.31. The van der Waals surface area contributed by atoms with Gasteiger partial charge in [0.25, 0.3) is 0 Å². The Morgan fingerprint density at radius 3 is 1.90 bits per heavy atom. The molecule has 0 fully saturated rings. The van der Waals surface area contributed by atoms with E-state index in [1.165, 1.54) is 109 Å². The van der Waals surface area contributed by atoms with Crippen molar-refractivity contribution < 1.29 is 0 Å². The lowest BCUT2D eigenvalue weighted by atomic mass is 10.00. The fourth-order valence-corrected chi connectivity index (χ4v) is 11.7. The van der Waals surface area contributed by atoms with Crippen LogP contribution in [0.15, 0.2) is 41.8 Å². The fraction of sp³-hybridized carbons (Fsp3) is 0.459. The lowest BCUT2D eigenvalue weighted by Gasteiger charge is -2.08. The zero-order chi connectivity index (χ0) is 29.5. The molecule has 0 amide bonds. The second-order valence-corrected chi connectivity index (χ2v) is 16.7. The van der Waals surface area contributed by atoms with E-state index in [9.17, 15) is 0 Å². The summed E-state index contributed by atoms with van der Waals surface area (Å²) in [5.74, 6) is 0.532. The normalized spacial score (nSPS) is 18.2. The molecule has 1 unspecified atom stereocenters. The van der Waals surface area contributed by atoms with E-state index in [1.807, 2.05) is 22.7 Å². The molecule has 1 aliphatic rings. The van der Waals surface area contributed by atoms with Crippen molar-refractivity contribution in [3.8, 4) is 0 Å². The molecule has 0 radical (unpaired) electrons. The minimum Gasteiger partial charge on any atom is -0.143 e. The number of hydrogen-bond acceptors (Lipinski definition) is 5. The molecule has 0 aromatic carbocycles. The summed E-state index contributed by atoms with van der Waals surface area (Å²) in [6.07, 6.45) is 17.4. The Morgan fingerprint density at radius 2 is 1.29 bits per heavy atom. The van der Waals surface area contributed by atoms with Gasteiger partial charge in [0, 0.05) is 44.8 Å². The van der Waals surface area contributed by atoms with Crippen LogP contribution in [0.25, 0.3) is 16.4 Å². The summed E-state index contributed by atoms with van der Waals surface area (Å²) in [6.45, 7) is 15.4. The minimum atomic E-state index is 0.532. The average Bonchev–Trinajstić information content (AvgIpc) is 3.82. The molecule has 222 valence electrons. The van der Waals surface area contributed by atoms with Gasteiger partial charge in [0.1, 0.15) is 0 Å². The van der Waals surface area contributed by atoms with Gasteiger partial charge in [0.15, 0.2) is 0 Å². The molecule has 5 heterocycles. The Morgan fingerprint density at radius 1 is 0.667 bits per heavy atom. The van der Waals surface area contributed by atoms with Gasteiger partial charge in [0.05, 0.1) is 17.2 Å². The number of aryl methyl sites for hydroxylation is 3. The Labute approximate surface area is 272 Å². The van der Waals surface area contributed by atoms with Gasteiger partial charge in [0.2, 0.25) is 4.53 Å². The molecule has 5 rings (SSSR count). The molecule has 0 bridgehead atoms. The Hall–Kier alpha value is -1.46. The third kappa shape index (κ3) is 7.42. The quantitative estimate of drug-likeness (QED) is 0.130. The highest BCUT2D eigenvalue weighted by Crippen LogP contribution is 2.50. The molecule has 1 atom stereocenters. The number of allylic oxidation sites excluding steroid dienone is 1. The number of thioether (sulfide) groups is 1. The summed E-state index contributed by atoms with van der Waals surface area (Å²) in [7, 11) is 0. The van der Waals surface area contributed by atoms with Gasteiger partial charge in [-0.15, -0.1) is 34.0 Å². The van der Waals surface area contributed by atoms with Crippen LogP contribution in [0.3, 0.4) is 0 Å². The molecular weight excluding hydrogens is 605 g/mol. The standard InChI is InChI=1S/C37H45S5/c1-6-10-14-26-20-21-38-34(26)32-23-27(15-11-7-2)35(41-32)33-24-29(17-13-9-4)37(42-33)36-28(16-12-8-3)22-31(40-36)30-19-18-25(5)39-30/h5,18-24,27H,6-17H2,1-4H3/q+1. The van der Waals surface area contributed by atoms with Gasteiger partial charge in [-0.05, 0) is 85.2 Å². The molecule has 0 aliphatic carbocycles. The van der Waals surface area contributed by atoms with Crippen molar-refractivity contribution >= 4 is 73.5 Å². The maximum atomic E-state index is 6.15. The van der Waals surface area contributed by atoms with E-state index in [0.717, 1.165) is 11.0 Å². The number of thiophene rings is 4. The van der Waals surface area contributed by atoms with E-state index in [4.69, 9.17) is 6.58 Å². The summed E-state index contributed by atoms with van der Waals surface area (Å²) in [6, 6.07) is 11.7. The highest BCUT2D eigenvalue weighted by Gasteiger charge is 2.26. The molecule has 0 N–H and O–H groups in total. The zero-order valence-corrected chi connectivity index (χ0v) is 29.8. The molecule has 5 heteroatoms. The van der Waals surface area contributed by atoms with Crippen molar-refractivity contribution in [3.63, 3.8) is 0 Å². The smallest absolute Gasteiger partial charge is 0.143 e. The van der Waals surface area contributed by atoms with Crippen LogP contribution >= 0.6 is 57.1 Å². The predicted octanol–water partition coefficient (Wildman–Crippen LogP) is 11.5. The van der Waals surface area contributed by atoms with Crippen LogP contribution in [0.2, 0.25) is 0 Å². The molecule has 4 aromatic rings. The van der Waals surface area contributed by atoms with Crippen molar-refractivity contribution in [1.29, 1.82) is 0 Å². The first kappa shape index (κ1) is 31.9. The first-order chi connectivity index (χ1) is 20.6. The van der Waals surface area contributed by atoms with Crippen LogP contribution < -0.4 is 9.06 Å². The molecule has 0 saturated carbocycles. The molecule has 4 aromatic heterocycles. The van der Waals surface area contributed by atoms with Gasteiger partial charge < -0.3 is 0 Å². The van der Waals surface area contributed by atoms with E-state index in [2.05, 4.69) is 92.6 Å². The number of rotatable bonds is 13. The molecule has 42 heavy (non-hydrogen) atoms. The van der Waals surface area contributed by atoms with Gasteiger partial charge >= 0.3 is 0 Å². The van der Waals surface area contributed by atoms with Crippen LogP contribution in [0.5, 0.6) is 0 Å². The van der Waals surface area contributed by atoms with Crippen LogP contribution in [-0.4, -0.2) is 0 Å². The minimum absolute atomic E-state index is 0.532. The van der Waals surface area contributed by atoms with Crippen LogP contribution in [-0.2, 0) is 19.3 Å². The lowest BCUT2D eigenvalue weighted by molar-refractivity contribution is 0.662. The first-order valence-electron chi connectivity index (χ1n) is 16.0. The van der Waals surface area contributed by atoms with E-state index < -0.39 is 0 Å². The van der Waals surface area contributed by atoms with Crippen molar-refractivity contribution in [2.24, 2.45) is 5.92 Å². The van der Waals surface area contributed by atoms with Crippen molar-refractivity contribution in [2.45, 2.75) is 105 Å². The zero-order valence-electron chi connectivity index (χ0n) is 25.7. The second kappa shape index (κ2) is 15.5. The molecule has 0 nitrogen and oxygen atoms in total. The summed E-state index contributed by atoms with van der Waals surface area (Å²) >= 11 is 9.81. The summed E-state index contributed by atoms with van der Waals surface area (Å²) in [4.78, 5) is 4.63. The Bertz CT molecular complexity index is 1790. The lowest BCUT2D eigenvalue weighted by Crippen LogP contribution is -2.04.